The van der Waals surface area contributed by atoms with E-state index in [2.05, 4.69) is 26.0 Å². The van der Waals surface area contributed by atoms with E-state index in [9.17, 15) is 19.5 Å². The predicted molar refractivity (Wildman–Crippen MR) is 202 cm³/mol. The number of esters is 2. The molecule has 0 saturated carbocycles. The van der Waals surface area contributed by atoms with Crippen molar-refractivity contribution in [2.45, 2.75) is 193 Å². The molecule has 0 aromatic rings. The van der Waals surface area contributed by atoms with Gasteiger partial charge in [-0.05, 0) is 32.1 Å². The van der Waals surface area contributed by atoms with Gasteiger partial charge in [0.25, 0.3) is 0 Å². The normalized spacial score (nSPS) is 13.1. The highest BCUT2D eigenvalue weighted by molar-refractivity contribution is 5.72. The maximum atomic E-state index is 12.6. The number of carboxylic acids is 1. The maximum absolute atomic E-state index is 12.6. The average molecular weight is 697 g/mol. The molecule has 0 bridgehead atoms. The van der Waals surface area contributed by atoms with Gasteiger partial charge in [-0.3, -0.25) is 9.59 Å². The van der Waals surface area contributed by atoms with Crippen molar-refractivity contribution in [3.8, 4) is 0 Å². The molecule has 0 spiro atoms. The van der Waals surface area contributed by atoms with Crippen LogP contribution in [0.3, 0.4) is 0 Å². The van der Waals surface area contributed by atoms with Crippen LogP contribution in [0.25, 0.3) is 0 Å². The second-order valence-electron chi connectivity index (χ2n) is 14.9. The van der Waals surface area contributed by atoms with Gasteiger partial charge < -0.3 is 23.8 Å². The van der Waals surface area contributed by atoms with Crippen LogP contribution in [0.5, 0.6) is 0 Å². The lowest BCUT2D eigenvalue weighted by atomic mass is 10.0. The minimum Gasteiger partial charge on any atom is -0.477 e. The second kappa shape index (κ2) is 33.2. The number of quaternary nitrogens is 1. The van der Waals surface area contributed by atoms with E-state index in [-0.39, 0.29) is 36.2 Å². The Bertz CT molecular complexity index is 823. The SMILES string of the molecule is CCCC/C=C/CCCCCCC(=O)OC(COCCC(C(=O)O)[N+](C)(C)C)COC(=O)CCCCCCCCCCCCCCCCC. The topological polar surface area (TPSA) is 99.1 Å². The summed E-state index contributed by atoms with van der Waals surface area (Å²) in [4.78, 5) is 36.8. The van der Waals surface area contributed by atoms with Crippen LogP contribution in [0.4, 0.5) is 0 Å². The molecule has 0 rings (SSSR count). The molecule has 288 valence electrons. The van der Waals surface area contributed by atoms with Crippen LogP contribution >= 0.6 is 0 Å². The summed E-state index contributed by atoms with van der Waals surface area (Å²) in [5.41, 5.74) is 0. The Morgan fingerprint density at radius 1 is 0.592 bits per heavy atom. The monoisotopic (exact) mass is 697 g/mol. The fourth-order valence-electron chi connectivity index (χ4n) is 5.95. The second-order valence-corrected chi connectivity index (χ2v) is 14.9. The quantitative estimate of drug-likeness (QED) is 0.0301. The lowest BCUT2D eigenvalue weighted by Crippen LogP contribution is -2.50. The molecule has 0 amide bonds. The molecule has 2 atom stereocenters. The lowest BCUT2D eigenvalue weighted by Gasteiger charge is -2.31. The Balaban J connectivity index is 4.34. The highest BCUT2D eigenvalue weighted by atomic mass is 16.6. The van der Waals surface area contributed by atoms with Crippen LogP contribution in [0.15, 0.2) is 12.2 Å². The Kier molecular flexibility index (Phi) is 31.9. The van der Waals surface area contributed by atoms with Gasteiger partial charge in [-0.2, -0.15) is 0 Å². The van der Waals surface area contributed by atoms with E-state index < -0.39 is 18.1 Å². The van der Waals surface area contributed by atoms with E-state index in [0.717, 1.165) is 57.8 Å². The first kappa shape index (κ1) is 47.1. The molecule has 0 fully saturated rings. The zero-order valence-corrected chi connectivity index (χ0v) is 32.7. The minimum atomic E-state index is -0.876. The Morgan fingerprint density at radius 3 is 1.53 bits per heavy atom. The van der Waals surface area contributed by atoms with E-state index in [1.54, 1.807) is 0 Å². The number of hydrogen-bond acceptors (Lipinski definition) is 6. The first-order valence-electron chi connectivity index (χ1n) is 20.2. The van der Waals surface area contributed by atoms with Gasteiger partial charge in [0.2, 0.25) is 0 Å². The van der Waals surface area contributed by atoms with Crippen molar-refractivity contribution in [3.63, 3.8) is 0 Å². The van der Waals surface area contributed by atoms with E-state index in [1.165, 1.54) is 89.9 Å². The Hall–Kier alpha value is -1.93. The summed E-state index contributed by atoms with van der Waals surface area (Å²) in [7, 11) is 5.52. The van der Waals surface area contributed by atoms with Crippen LogP contribution in [0.2, 0.25) is 0 Å². The molecular weight excluding hydrogens is 618 g/mol. The molecule has 2 unspecified atom stereocenters. The molecule has 0 heterocycles. The van der Waals surface area contributed by atoms with Crippen LogP contribution in [-0.2, 0) is 28.6 Å². The van der Waals surface area contributed by atoms with Crippen molar-refractivity contribution in [3.05, 3.63) is 12.2 Å². The molecule has 8 heteroatoms. The van der Waals surface area contributed by atoms with Gasteiger partial charge >= 0.3 is 17.9 Å². The molecule has 0 aromatic heterocycles. The van der Waals surface area contributed by atoms with Crippen molar-refractivity contribution in [2.75, 3.05) is 41.0 Å². The number of carbonyl (C=O) groups excluding carboxylic acids is 2. The number of carboxylic acid groups (broad SMARTS) is 1. The summed E-state index contributed by atoms with van der Waals surface area (Å²) in [5.74, 6) is -1.48. The van der Waals surface area contributed by atoms with Gasteiger partial charge in [0.05, 0.1) is 34.4 Å². The number of unbranched alkanes of at least 4 members (excludes halogenated alkanes) is 20. The van der Waals surface area contributed by atoms with Gasteiger partial charge in [-0.25, -0.2) is 4.79 Å². The molecule has 0 saturated heterocycles. The van der Waals surface area contributed by atoms with Gasteiger partial charge in [0.15, 0.2) is 12.1 Å². The summed E-state index contributed by atoms with van der Waals surface area (Å²) in [6.07, 6.45) is 32.5. The van der Waals surface area contributed by atoms with Gasteiger partial charge in [-0.15, -0.1) is 0 Å². The molecular formula is C41H78NO7+. The molecule has 49 heavy (non-hydrogen) atoms. The standard InChI is InChI=1S/C41H77NO7/c1-6-8-10-12-14-16-18-19-20-21-22-24-25-27-29-31-39(43)48-36-37(35-47-34-33-38(41(45)46)42(3,4)5)49-40(44)32-30-28-26-23-17-15-13-11-9-7-2/h13,15,37-38H,6-12,14,16-36H2,1-5H3/p+1/b15-13+. The van der Waals surface area contributed by atoms with Crippen molar-refractivity contribution >= 4 is 17.9 Å². The summed E-state index contributed by atoms with van der Waals surface area (Å²) >= 11 is 0. The highest BCUT2D eigenvalue weighted by Crippen LogP contribution is 2.15. The zero-order valence-electron chi connectivity index (χ0n) is 32.7. The van der Waals surface area contributed by atoms with Crippen LogP contribution in [-0.4, -0.2) is 80.6 Å². The molecule has 0 aliphatic carbocycles. The van der Waals surface area contributed by atoms with Gasteiger partial charge in [0.1, 0.15) is 6.61 Å². The summed E-state index contributed by atoms with van der Waals surface area (Å²) < 4.78 is 17.2. The first-order valence-corrected chi connectivity index (χ1v) is 20.2. The van der Waals surface area contributed by atoms with Crippen LogP contribution in [0, 0.1) is 0 Å². The summed E-state index contributed by atoms with van der Waals surface area (Å²) in [5, 5.41) is 9.58. The smallest absolute Gasteiger partial charge is 0.362 e. The number of likely N-dealkylation sites (N-methyl/N-ethyl adjacent to an activating group) is 1. The highest BCUT2D eigenvalue weighted by Gasteiger charge is 2.31. The van der Waals surface area contributed by atoms with E-state index in [0.29, 0.717) is 19.3 Å². The fourth-order valence-corrected chi connectivity index (χ4v) is 5.95. The van der Waals surface area contributed by atoms with Crippen LogP contribution < -0.4 is 0 Å². The third-order valence-corrected chi connectivity index (χ3v) is 9.16. The van der Waals surface area contributed by atoms with Gasteiger partial charge in [-0.1, -0.05) is 142 Å². The van der Waals surface area contributed by atoms with Crippen molar-refractivity contribution in [2.24, 2.45) is 0 Å². The third kappa shape index (κ3) is 31.8. The number of allylic oxidation sites excluding steroid dienone is 2. The minimum absolute atomic E-state index is 0.0502. The van der Waals surface area contributed by atoms with Crippen molar-refractivity contribution in [1.82, 2.24) is 0 Å². The number of ether oxygens (including phenoxy) is 3. The summed E-state index contributed by atoms with van der Waals surface area (Å²) in [6, 6.07) is -0.611. The number of nitrogens with zero attached hydrogens (tertiary/aromatic N) is 1. The zero-order chi connectivity index (χ0) is 36.4. The fraction of sp³-hybridized carbons (Fsp3) is 0.878. The van der Waals surface area contributed by atoms with Crippen molar-refractivity contribution < 1.29 is 38.2 Å². The number of aliphatic carboxylic acids is 1. The van der Waals surface area contributed by atoms with E-state index >= 15 is 0 Å². The Labute approximate surface area is 301 Å². The van der Waals surface area contributed by atoms with E-state index in [1.807, 2.05) is 21.1 Å². The molecule has 0 radical (unpaired) electrons. The molecule has 0 aliphatic rings. The number of rotatable bonds is 36. The Morgan fingerprint density at radius 2 is 1.04 bits per heavy atom. The predicted octanol–water partition coefficient (Wildman–Crippen LogP) is 10.4. The first-order chi connectivity index (χ1) is 23.6. The van der Waals surface area contributed by atoms with Gasteiger partial charge in [0, 0.05) is 19.3 Å². The molecule has 8 nitrogen and oxygen atoms in total. The largest absolute Gasteiger partial charge is 0.477 e. The molecule has 1 N–H and O–H groups in total. The van der Waals surface area contributed by atoms with E-state index in [4.69, 9.17) is 14.2 Å². The molecule has 0 aliphatic heterocycles. The number of carbonyl (C=O) groups is 3. The van der Waals surface area contributed by atoms with Crippen molar-refractivity contribution in [1.29, 1.82) is 0 Å². The molecule has 0 aromatic carbocycles. The maximum Gasteiger partial charge on any atom is 0.362 e. The average Bonchev–Trinajstić information content (AvgIpc) is 3.05. The number of hydrogen-bond donors (Lipinski definition) is 1. The summed E-state index contributed by atoms with van der Waals surface area (Å²) in [6.45, 7) is 4.69. The van der Waals surface area contributed by atoms with Crippen LogP contribution in [0.1, 0.15) is 181 Å². The third-order valence-electron chi connectivity index (χ3n) is 9.16. The lowest BCUT2D eigenvalue weighted by molar-refractivity contribution is -0.887.